The van der Waals surface area contributed by atoms with Crippen LogP contribution in [0.4, 0.5) is 11.4 Å². The predicted octanol–water partition coefficient (Wildman–Crippen LogP) is 2.09. The van der Waals surface area contributed by atoms with E-state index in [1.54, 1.807) is 36.4 Å². The van der Waals surface area contributed by atoms with Crippen molar-refractivity contribution < 1.29 is 14.6 Å². The Bertz CT molecular complexity index is 641. The minimum absolute atomic E-state index is 0.0636. The molecule has 110 valence electrons. The largest absolute Gasteiger partial charge is 0.484 e. The summed E-state index contributed by atoms with van der Waals surface area (Å²) in [6.45, 7) is 1.72. The van der Waals surface area contributed by atoms with E-state index in [2.05, 4.69) is 5.32 Å². The average Bonchev–Trinajstić information content (AvgIpc) is 2.49. The SMILES string of the molecule is Cc1ccc(N)cc1NC(=O)COc1cccc(CO)c1. The highest BCUT2D eigenvalue weighted by atomic mass is 16.5. The molecular weight excluding hydrogens is 268 g/mol. The van der Waals surface area contributed by atoms with Gasteiger partial charge >= 0.3 is 0 Å². The van der Waals surface area contributed by atoms with Gasteiger partial charge in [0.15, 0.2) is 6.61 Å². The second-order valence-corrected chi connectivity index (χ2v) is 4.72. The number of hydrogen-bond acceptors (Lipinski definition) is 4. The molecule has 0 aliphatic carbocycles. The summed E-state index contributed by atoms with van der Waals surface area (Å²) in [6, 6.07) is 12.3. The summed E-state index contributed by atoms with van der Waals surface area (Å²) >= 11 is 0. The molecule has 4 N–H and O–H groups in total. The number of aliphatic hydroxyl groups excluding tert-OH is 1. The maximum absolute atomic E-state index is 11.9. The van der Waals surface area contributed by atoms with Crippen molar-refractivity contribution in [2.75, 3.05) is 17.7 Å². The van der Waals surface area contributed by atoms with E-state index in [0.29, 0.717) is 17.1 Å². The number of amides is 1. The van der Waals surface area contributed by atoms with Crippen molar-refractivity contribution in [1.29, 1.82) is 0 Å². The molecule has 0 heterocycles. The van der Waals surface area contributed by atoms with Crippen molar-refractivity contribution in [3.8, 4) is 5.75 Å². The zero-order chi connectivity index (χ0) is 15.2. The van der Waals surface area contributed by atoms with E-state index >= 15 is 0 Å². The highest BCUT2D eigenvalue weighted by Gasteiger charge is 2.06. The van der Waals surface area contributed by atoms with E-state index in [4.69, 9.17) is 15.6 Å². The van der Waals surface area contributed by atoms with Crippen molar-refractivity contribution in [2.24, 2.45) is 0 Å². The smallest absolute Gasteiger partial charge is 0.262 e. The van der Waals surface area contributed by atoms with E-state index in [-0.39, 0.29) is 19.1 Å². The Hall–Kier alpha value is -2.53. The molecule has 21 heavy (non-hydrogen) atoms. The lowest BCUT2D eigenvalue weighted by Crippen LogP contribution is -2.20. The zero-order valence-electron chi connectivity index (χ0n) is 11.8. The third kappa shape index (κ3) is 4.22. The Morgan fingerprint density at radius 2 is 2.10 bits per heavy atom. The van der Waals surface area contributed by atoms with Crippen LogP contribution in [0.25, 0.3) is 0 Å². The molecule has 5 nitrogen and oxygen atoms in total. The summed E-state index contributed by atoms with van der Waals surface area (Å²) in [7, 11) is 0. The molecule has 2 aromatic carbocycles. The maximum atomic E-state index is 11.9. The van der Waals surface area contributed by atoms with Crippen LogP contribution >= 0.6 is 0 Å². The van der Waals surface area contributed by atoms with Gasteiger partial charge in [0.05, 0.1) is 6.61 Å². The molecule has 5 heteroatoms. The number of nitrogens with one attached hydrogen (secondary N) is 1. The Morgan fingerprint density at radius 3 is 2.86 bits per heavy atom. The van der Waals surface area contributed by atoms with E-state index < -0.39 is 0 Å². The summed E-state index contributed by atoms with van der Waals surface area (Å²) < 4.78 is 5.40. The van der Waals surface area contributed by atoms with Gasteiger partial charge in [-0.2, -0.15) is 0 Å². The molecule has 0 atom stereocenters. The van der Waals surface area contributed by atoms with Crippen molar-refractivity contribution in [2.45, 2.75) is 13.5 Å². The van der Waals surface area contributed by atoms with Crippen LogP contribution in [-0.2, 0) is 11.4 Å². The van der Waals surface area contributed by atoms with Crippen molar-refractivity contribution in [3.63, 3.8) is 0 Å². The van der Waals surface area contributed by atoms with Gasteiger partial charge in [0.25, 0.3) is 5.91 Å². The second-order valence-electron chi connectivity index (χ2n) is 4.72. The van der Waals surface area contributed by atoms with E-state index in [0.717, 1.165) is 11.1 Å². The number of hydrogen-bond donors (Lipinski definition) is 3. The number of ether oxygens (including phenoxy) is 1. The van der Waals surface area contributed by atoms with Gasteiger partial charge in [-0.1, -0.05) is 18.2 Å². The summed E-state index contributed by atoms with van der Waals surface area (Å²) in [5.41, 5.74) is 8.62. The number of rotatable bonds is 5. The van der Waals surface area contributed by atoms with Gasteiger partial charge in [0.1, 0.15) is 5.75 Å². The summed E-state index contributed by atoms with van der Waals surface area (Å²) in [5.74, 6) is 0.277. The van der Waals surface area contributed by atoms with Crippen LogP contribution in [0.15, 0.2) is 42.5 Å². The minimum atomic E-state index is -0.266. The van der Waals surface area contributed by atoms with Crippen LogP contribution in [-0.4, -0.2) is 17.6 Å². The van der Waals surface area contributed by atoms with E-state index in [1.165, 1.54) is 0 Å². The molecule has 0 spiro atoms. The fraction of sp³-hybridized carbons (Fsp3) is 0.188. The number of benzene rings is 2. The molecule has 0 aromatic heterocycles. The van der Waals surface area contributed by atoms with Crippen molar-refractivity contribution in [1.82, 2.24) is 0 Å². The predicted molar refractivity (Wildman–Crippen MR) is 82.1 cm³/mol. The third-order valence-corrected chi connectivity index (χ3v) is 2.99. The van der Waals surface area contributed by atoms with Gasteiger partial charge in [-0.3, -0.25) is 4.79 Å². The molecule has 0 radical (unpaired) electrons. The normalized spacial score (nSPS) is 10.2. The van der Waals surface area contributed by atoms with Crippen molar-refractivity contribution in [3.05, 3.63) is 53.6 Å². The number of aryl methyl sites for hydroxylation is 1. The number of nitrogen functional groups attached to an aromatic ring is 1. The standard InChI is InChI=1S/C16H18N2O3/c1-11-5-6-13(17)8-15(11)18-16(20)10-21-14-4-2-3-12(7-14)9-19/h2-8,19H,9-10,17H2,1H3,(H,18,20). The molecule has 0 unspecified atom stereocenters. The van der Waals surface area contributed by atoms with Crippen LogP contribution in [0.5, 0.6) is 5.75 Å². The van der Waals surface area contributed by atoms with Gasteiger partial charge < -0.3 is 20.9 Å². The Kier molecular flexibility index (Phi) is 4.79. The number of anilines is 2. The van der Waals surface area contributed by atoms with Gasteiger partial charge in [0, 0.05) is 11.4 Å². The molecule has 0 saturated carbocycles. The Balaban J connectivity index is 1.94. The molecule has 0 aliphatic rings. The number of nitrogens with two attached hydrogens (primary N) is 1. The van der Waals surface area contributed by atoms with Crippen molar-refractivity contribution >= 4 is 17.3 Å². The van der Waals surface area contributed by atoms with Crippen LogP contribution in [0.2, 0.25) is 0 Å². The fourth-order valence-corrected chi connectivity index (χ4v) is 1.84. The number of carbonyl (C=O) groups is 1. The first-order valence-electron chi connectivity index (χ1n) is 6.57. The lowest BCUT2D eigenvalue weighted by atomic mass is 10.2. The molecule has 1 amide bonds. The molecule has 0 bridgehead atoms. The molecule has 2 rings (SSSR count). The van der Waals surface area contributed by atoms with Gasteiger partial charge in [-0.15, -0.1) is 0 Å². The first-order chi connectivity index (χ1) is 10.1. The molecule has 0 fully saturated rings. The number of carbonyl (C=O) groups excluding carboxylic acids is 1. The summed E-state index contributed by atoms with van der Waals surface area (Å²) in [4.78, 5) is 11.9. The van der Waals surface area contributed by atoms with Crippen LogP contribution in [0, 0.1) is 6.92 Å². The van der Waals surface area contributed by atoms with E-state index in [1.807, 2.05) is 13.0 Å². The third-order valence-electron chi connectivity index (χ3n) is 2.99. The quantitative estimate of drug-likeness (QED) is 0.735. The zero-order valence-corrected chi connectivity index (χ0v) is 11.8. The van der Waals surface area contributed by atoms with Gasteiger partial charge in [-0.25, -0.2) is 0 Å². The molecule has 2 aromatic rings. The van der Waals surface area contributed by atoms with Crippen LogP contribution in [0.1, 0.15) is 11.1 Å². The highest BCUT2D eigenvalue weighted by Crippen LogP contribution is 2.18. The monoisotopic (exact) mass is 286 g/mol. The minimum Gasteiger partial charge on any atom is -0.484 e. The maximum Gasteiger partial charge on any atom is 0.262 e. The summed E-state index contributed by atoms with van der Waals surface area (Å²) in [5, 5.41) is 11.8. The summed E-state index contributed by atoms with van der Waals surface area (Å²) in [6.07, 6.45) is 0. The number of aliphatic hydroxyl groups is 1. The average molecular weight is 286 g/mol. The molecular formula is C16H18N2O3. The van der Waals surface area contributed by atoms with Crippen LogP contribution in [0.3, 0.4) is 0 Å². The lowest BCUT2D eigenvalue weighted by molar-refractivity contribution is -0.118. The highest BCUT2D eigenvalue weighted by molar-refractivity contribution is 5.93. The topological polar surface area (TPSA) is 84.6 Å². The Labute approximate surface area is 123 Å². The lowest BCUT2D eigenvalue weighted by Gasteiger charge is -2.10. The van der Waals surface area contributed by atoms with E-state index in [9.17, 15) is 4.79 Å². The second kappa shape index (κ2) is 6.76. The molecule has 0 saturated heterocycles. The van der Waals surface area contributed by atoms with Gasteiger partial charge in [-0.05, 0) is 42.3 Å². The first kappa shape index (κ1) is 14.9. The Morgan fingerprint density at radius 1 is 1.29 bits per heavy atom. The van der Waals surface area contributed by atoms with Crippen LogP contribution < -0.4 is 15.8 Å². The van der Waals surface area contributed by atoms with Gasteiger partial charge in [0.2, 0.25) is 0 Å². The fourth-order valence-electron chi connectivity index (χ4n) is 1.84. The molecule has 0 aliphatic heterocycles. The first-order valence-corrected chi connectivity index (χ1v) is 6.57.